The topological polar surface area (TPSA) is 122 Å². The van der Waals surface area contributed by atoms with Crippen molar-refractivity contribution < 1.29 is 28.7 Å². The molecule has 29 heavy (non-hydrogen) atoms. The van der Waals surface area contributed by atoms with Crippen molar-refractivity contribution in [3.8, 4) is 0 Å². The van der Waals surface area contributed by atoms with E-state index in [1.807, 2.05) is 0 Å². The number of nitrogens with one attached hydrogen (secondary N) is 2. The van der Waals surface area contributed by atoms with Gasteiger partial charge in [-0.2, -0.15) is 11.8 Å². The molecule has 1 aromatic rings. The standard InChI is InChI=1S/C19H23N3O6S/c1-11(2)21-15(23)8-20-16(24)9-28-19(27)14(10-29-3)22-17(25)12-6-4-5-7-13(12)18(22)26/h4-7,11,14H,8-10H2,1-3H3,(H,20,24)(H,21,23)/t14-/m1/s1. The quantitative estimate of drug-likeness (QED) is 0.431. The number of carbonyl (C=O) groups is 5. The Kier molecular flexibility index (Phi) is 7.77. The molecule has 1 aromatic carbocycles. The van der Waals surface area contributed by atoms with Crippen LogP contribution in [0.1, 0.15) is 34.6 Å². The fourth-order valence-corrected chi connectivity index (χ4v) is 3.33. The molecule has 1 aliphatic rings. The number of nitrogens with zero attached hydrogens (tertiary/aromatic N) is 1. The largest absolute Gasteiger partial charge is 0.454 e. The van der Waals surface area contributed by atoms with Crippen LogP contribution in [0.2, 0.25) is 0 Å². The lowest BCUT2D eigenvalue weighted by atomic mass is 10.1. The summed E-state index contributed by atoms with van der Waals surface area (Å²) in [5.41, 5.74) is 0.454. The minimum absolute atomic E-state index is 0.0656. The number of thioether (sulfide) groups is 1. The molecule has 1 aliphatic heterocycles. The SMILES string of the molecule is CSC[C@H](C(=O)OCC(=O)NCC(=O)NC(C)C)N1C(=O)c2ccccc2C1=O. The fraction of sp³-hybridized carbons (Fsp3) is 0.421. The Morgan fingerprint density at radius 1 is 1.07 bits per heavy atom. The van der Waals surface area contributed by atoms with Crippen LogP contribution >= 0.6 is 11.8 Å². The molecule has 4 amide bonds. The van der Waals surface area contributed by atoms with E-state index < -0.39 is 36.3 Å². The lowest BCUT2D eigenvalue weighted by Gasteiger charge is -2.23. The first-order valence-corrected chi connectivity index (χ1v) is 10.3. The van der Waals surface area contributed by atoms with Crippen molar-refractivity contribution in [2.24, 2.45) is 0 Å². The Balaban J connectivity index is 1.97. The highest BCUT2D eigenvalue weighted by molar-refractivity contribution is 7.98. The molecule has 0 aliphatic carbocycles. The summed E-state index contributed by atoms with van der Waals surface area (Å²) in [6.07, 6.45) is 1.72. The summed E-state index contributed by atoms with van der Waals surface area (Å²) in [7, 11) is 0. The first-order chi connectivity index (χ1) is 13.8. The van der Waals surface area contributed by atoms with Gasteiger partial charge in [0.05, 0.1) is 17.7 Å². The van der Waals surface area contributed by atoms with Crippen LogP contribution in [0.25, 0.3) is 0 Å². The second kappa shape index (κ2) is 10.1. The van der Waals surface area contributed by atoms with Gasteiger partial charge in [0, 0.05) is 11.8 Å². The van der Waals surface area contributed by atoms with Gasteiger partial charge in [-0.3, -0.25) is 24.1 Å². The third-order valence-electron chi connectivity index (χ3n) is 3.98. The van der Waals surface area contributed by atoms with Crippen molar-refractivity contribution in [1.29, 1.82) is 0 Å². The van der Waals surface area contributed by atoms with Gasteiger partial charge in [0.25, 0.3) is 17.7 Å². The van der Waals surface area contributed by atoms with Gasteiger partial charge in [0.2, 0.25) is 5.91 Å². The number of hydrogen-bond acceptors (Lipinski definition) is 7. The number of fused-ring (bicyclic) bond motifs is 1. The fourth-order valence-electron chi connectivity index (χ4n) is 2.73. The molecule has 0 fully saturated rings. The van der Waals surface area contributed by atoms with Gasteiger partial charge in [-0.15, -0.1) is 0 Å². The lowest BCUT2D eigenvalue weighted by molar-refractivity contribution is -0.151. The van der Waals surface area contributed by atoms with Crippen LogP contribution in [0.4, 0.5) is 0 Å². The van der Waals surface area contributed by atoms with Crippen LogP contribution < -0.4 is 10.6 Å². The highest BCUT2D eigenvalue weighted by Crippen LogP contribution is 2.26. The normalized spacial score (nSPS) is 13.9. The Hall–Kier alpha value is -2.88. The highest BCUT2D eigenvalue weighted by Gasteiger charge is 2.43. The number of amides is 4. The Bertz CT molecular complexity index is 791. The Morgan fingerprint density at radius 2 is 1.66 bits per heavy atom. The summed E-state index contributed by atoms with van der Waals surface area (Å²) >= 11 is 1.26. The molecule has 156 valence electrons. The number of benzene rings is 1. The molecule has 0 spiro atoms. The molecule has 0 saturated heterocycles. The van der Waals surface area contributed by atoms with Crippen molar-refractivity contribution >= 4 is 41.4 Å². The molecule has 9 nitrogen and oxygen atoms in total. The van der Waals surface area contributed by atoms with Crippen molar-refractivity contribution in [2.75, 3.05) is 25.2 Å². The average molecular weight is 421 g/mol. The monoisotopic (exact) mass is 421 g/mol. The molecule has 0 unspecified atom stereocenters. The number of hydrogen-bond donors (Lipinski definition) is 2. The molecule has 0 saturated carbocycles. The van der Waals surface area contributed by atoms with Crippen LogP contribution in [-0.2, 0) is 19.1 Å². The zero-order valence-electron chi connectivity index (χ0n) is 16.4. The average Bonchev–Trinajstić information content (AvgIpc) is 2.93. The van der Waals surface area contributed by atoms with Crippen molar-refractivity contribution in [3.05, 3.63) is 35.4 Å². The van der Waals surface area contributed by atoms with E-state index in [9.17, 15) is 24.0 Å². The van der Waals surface area contributed by atoms with Crippen molar-refractivity contribution in [2.45, 2.75) is 25.9 Å². The third-order valence-corrected chi connectivity index (χ3v) is 4.62. The van der Waals surface area contributed by atoms with Crippen LogP contribution in [0.3, 0.4) is 0 Å². The summed E-state index contributed by atoms with van der Waals surface area (Å²) in [5, 5.41) is 4.94. The molecular weight excluding hydrogens is 398 g/mol. The smallest absolute Gasteiger partial charge is 0.330 e. The number of rotatable bonds is 9. The van der Waals surface area contributed by atoms with Gasteiger partial charge >= 0.3 is 5.97 Å². The van der Waals surface area contributed by atoms with Crippen molar-refractivity contribution in [1.82, 2.24) is 15.5 Å². The lowest BCUT2D eigenvalue weighted by Crippen LogP contribution is -2.48. The van der Waals surface area contributed by atoms with Crippen LogP contribution in [0.15, 0.2) is 24.3 Å². The summed E-state index contributed by atoms with van der Waals surface area (Å²) < 4.78 is 5.00. The summed E-state index contributed by atoms with van der Waals surface area (Å²) in [5.74, 6) is -2.92. The molecule has 0 aromatic heterocycles. The Morgan fingerprint density at radius 3 is 2.17 bits per heavy atom. The highest BCUT2D eigenvalue weighted by atomic mass is 32.2. The molecule has 1 atom stereocenters. The molecule has 2 N–H and O–H groups in total. The van der Waals surface area contributed by atoms with Gasteiger partial charge in [-0.05, 0) is 32.2 Å². The maximum absolute atomic E-state index is 12.6. The third kappa shape index (κ3) is 5.57. The zero-order chi connectivity index (χ0) is 21.6. The molecule has 2 rings (SSSR count). The van der Waals surface area contributed by atoms with E-state index in [0.29, 0.717) is 0 Å². The predicted molar refractivity (Wildman–Crippen MR) is 106 cm³/mol. The number of carbonyl (C=O) groups excluding carboxylic acids is 5. The number of imide groups is 1. The molecule has 0 radical (unpaired) electrons. The van der Waals surface area contributed by atoms with Gasteiger partial charge in [-0.25, -0.2) is 4.79 Å². The predicted octanol–water partition coefficient (Wildman–Crippen LogP) is 0.198. The van der Waals surface area contributed by atoms with E-state index in [4.69, 9.17) is 4.74 Å². The van der Waals surface area contributed by atoms with E-state index in [0.717, 1.165) is 4.90 Å². The maximum atomic E-state index is 12.6. The summed E-state index contributed by atoms with van der Waals surface area (Å²) in [6.45, 7) is 2.70. The molecule has 0 bridgehead atoms. The number of ether oxygens (including phenoxy) is 1. The molecule has 10 heteroatoms. The van der Waals surface area contributed by atoms with E-state index >= 15 is 0 Å². The van der Waals surface area contributed by atoms with E-state index in [1.165, 1.54) is 23.9 Å². The van der Waals surface area contributed by atoms with Crippen LogP contribution in [0.5, 0.6) is 0 Å². The Labute approximate surface area is 172 Å². The number of esters is 1. The second-order valence-electron chi connectivity index (χ2n) is 6.60. The zero-order valence-corrected chi connectivity index (χ0v) is 17.2. The summed E-state index contributed by atoms with van der Waals surface area (Å²) in [4.78, 5) is 61.9. The second-order valence-corrected chi connectivity index (χ2v) is 7.51. The first-order valence-electron chi connectivity index (χ1n) is 8.94. The minimum atomic E-state index is -1.16. The van der Waals surface area contributed by atoms with Gasteiger partial charge in [0.1, 0.15) is 6.04 Å². The molecular formula is C19H23N3O6S. The molecule has 1 heterocycles. The van der Waals surface area contributed by atoms with Crippen molar-refractivity contribution in [3.63, 3.8) is 0 Å². The van der Waals surface area contributed by atoms with Crippen LogP contribution in [0, 0.1) is 0 Å². The first kappa shape index (κ1) is 22.4. The maximum Gasteiger partial charge on any atom is 0.330 e. The van der Waals surface area contributed by atoms with E-state index in [-0.39, 0.29) is 35.4 Å². The van der Waals surface area contributed by atoms with Gasteiger partial charge < -0.3 is 15.4 Å². The van der Waals surface area contributed by atoms with Gasteiger partial charge in [-0.1, -0.05) is 12.1 Å². The van der Waals surface area contributed by atoms with Crippen LogP contribution in [-0.4, -0.2) is 71.7 Å². The van der Waals surface area contributed by atoms with Gasteiger partial charge in [0.15, 0.2) is 6.61 Å². The minimum Gasteiger partial charge on any atom is -0.454 e. The van der Waals surface area contributed by atoms with E-state index in [1.54, 1.807) is 32.2 Å². The summed E-state index contributed by atoms with van der Waals surface area (Å²) in [6, 6.07) is 5.09. The van der Waals surface area contributed by atoms with E-state index in [2.05, 4.69) is 10.6 Å².